The predicted octanol–water partition coefficient (Wildman–Crippen LogP) is 1.68. The van der Waals surface area contributed by atoms with Gasteiger partial charge in [0.1, 0.15) is 0 Å². The fourth-order valence-corrected chi connectivity index (χ4v) is 4.12. The molecule has 1 aromatic carbocycles. The van der Waals surface area contributed by atoms with E-state index in [0.717, 1.165) is 0 Å². The van der Waals surface area contributed by atoms with Crippen LogP contribution in [0.4, 0.5) is 5.69 Å². The van der Waals surface area contributed by atoms with E-state index < -0.39 is 15.9 Å². The predicted molar refractivity (Wildman–Crippen MR) is 78.1 cm³/mol. The Balaban J connectivity index is 2.25. The lowest BCUT2D eigenvalue weighted by Crippen LogP contribution is -2.18. The second kappa shape index (κ2) is 5.80. The van der Waals surface area contributed by atoms with Crippen LogP contribution in [0, 0.1) is 13.8 Å². The van der Waals surface area contributed by atoms with Gasteiger partial charge in [-0.05, 0) is 38.1 Å². The fourth-order valence-electron chi connectivity index (χ4n) is 1.72. The Morgan fingerprint density at radius 1 is 1.24 bits per heavy atom. The summed E-state index contributed by atoms with van der Waals surface area (Å²) in [5.41, 5.74) is 2.01. The molecule has 1 heterocycles. The number of hydrogen-bond donors (Lipinski definition) is 3. The summed E-state index contributed by atoms with van der Waals surface area (Å²) in [5, 5.41) is 9.18. The van der Waals surface area contributed by atoms with Crippen molar-refractivity contribution in [1.82, 2.24) is 10.5 Å². The lowest BCUT2D eigenvalue weighted by Gasteiger charge is -2.07. The number of anilines is 1. The van der Waals surface area contributed by atoms with Crippen molar-refractivity contribution >= 4 is 33.0 Å². The van der Waals surface area contributed by atoms with E-state index in [9.17, 15) is 13.2 Å². The van der Waals surface area contributed by atoms with E-state index in [1.807, 2.05) is 0 Å². The summed E-state index contributed by atoms with van der Waals surface area (Å²) in [6.45, 7) is 3.42. The Morgan fingerprint density at radius 3 is 2.33 bits per heavy atom. The van der Waals surface area contributed by atoms with E-state index in [1.165, 1.54) is 41.1 Å². The molecule has 0 aliphatic heterocycles. The molecule has 112 valence electrons. The second-order valence-corrected chi connectivity index (χ2v) is 7.22. The van der Waals surface area contributed by atoms with Crippen LogP contribution < -0.4 is 10.2 Å². The Hall–Kier alpha value is -1.97. The highest BCUT2D eigenvalue weighted by Crippen LogP contribution is 2.23. The van der Waals surface area contributed by atoms with Crippen LogP contribution in [0.25, 0.3) is 0 Å². The van der Waals surface area contributed by atoms with Crippen LogP contribution in [0.3, 0.4) is 0 Å². The topological polar surface area (TPSA) is 108 Å². The maximum Gasteiger partial charge on any atom is 0.280 e. The van der Waals surface area contributed by atoms with Gasteiger partial charge < -0.3 is 0 Å². The number of rotatable bonds is 4. The molecule has 0 aliphatic carbocycles. The summed E-state index contributed by atoms with van der Waals surface area (Å²) >= 11 is 1.31. The number of carbonyl (C=O) groups is 1. The third kappa shape index (κ3) is 3.38. The minimum Gasteiger partial charge on any atom is -0.288 e. The highest BCUT2D eigenvalue weighted by molar-refractivity contribution is 7.92. The fraction of sp³-hybridized carbons (Fsp3) is 0.167. The molecule has 3 N–H and O–H groups in total. The number of hydrogen-bond acceptors (Lipinski definition) is 6. The Bertz CT molecular complexity index is 766. The number of thiazole rings is 1. The van der Waals surface area contributed by atoms with Crippen molar-refractivity contribution in [3.8, 4) is 0 Å². The summed E-state index contributed by atoms with van der Waals surface area (Å²) in [7, 11) is -3.76. The van der Waals surface area contributed by atoms with Crippen LogP contribution in [-0.4, -0.2) is 24.5 Å². The minimum atomic E-state index is -3.76. The van der Waals surface area contributed by atoms with Crippen molar-refractivity contribution in [2.24, 2.45) is 0 Å². The van der Waals surface area contributed by atoms with E-state index in [0.29, 0.717) is 15.6 Å². The van der Waals surface area contributed by atoms with Gasteiger partial charge in [0.25, 0.3) is 15.9 Å². The third-order valence-corrected chi connectivity index (χ3v) is 5.04. The molecular formula is C12H13N3O4S2. The first-order chi connectivity index (χ1) is 9.83. The highest BCUT2D eigenvalue weighted by Gasteiger charge is 2.21. The van der Waals surface area contributed by atoms with Crippen molar-refractivity contribution in [2.45, 2.75) is 18.9 Å². The molecule has 0 aliphatic rings. The average molecular weight is 327 g/mol. The molecule has 9 heteroatoms. The number of aryl methyl sites for hydroxylation is 2. The molecular weight excluding hydrogens is 314 g/mol. The second-order valence-electron chi connectivity index (χ2n) is 4.22. The number of nitrogens with one attached hydrogen (secondary N) is 2. The van der Waals surface area contributed by atoms with Gasteiger partial charge in [-0.25, -0.2) is 10.5 Å². The lowest BCUT2D eigenvalue weighted by molar-refractivity contribution is 0.0706. The maximum atomic E-state index is 12.2. The molecule has 2 rings (SSSR count). The molecule has 0 radical (unpaired) electrons. The van der Waals surface area contributed by atoms with Gasteiger partial charge in [-0.15, -0.1) is 11.3 Å². The zero-order chi connectivity index (χ0) is 15.6. The van der Waals surface area contributed by atoms with E-state index in [-0.39, 0.29) is 10.6 Å². The van der Waals surface area contributed by atoms with Crippen LogP contribution in [0.1, 0.15) is 20.2 Å². The van der Waals surface area contributed by atoms with Gasteiger partial charge in [0.15, 0.2) is 5.03 Å². The molecule has 0 fully saturated rings. The van der Waals surface area contributed by atoms with Crippen LogP contribution in [0.15, 0.2) is 29.3 Å². The number of nitrogens with zero attached hydrogens (tertiary/aromatic N) is 1. The third-order valence-electron chi connectivity index (χ3n) is 2.62. The Labute approximate surface area is 125 Å². The number of aromatic nitrogens is 1. The van der Waals surface area contributed by atoms with Gasteiger partial charge in [-0.2, -0.15) is 8.42 Å². The smallest absolute Gasteiger partial charge is 0.280 e. The molecule has 0 atom stereocenters. The van der Waals surface area contributed by atoms with Crippen molar-refractivity contribution < 1.29 is 18.4 Å². The molecule has 1 amide bonds. The number of hydroxylamine groups is 1. The Morgan fingerprint density at radius 2 is 1.86 bits per heavy atom. The summed E-state index contributed by atoms with van der Waals surface area (Å²) in [5.74, 6) is -0.671. The van der Waals surface area contributed by atoms with Gasteiger partial charge >= 0.3 is 0 Å². The molecule has 2 aromatic rings. The first-order valence-corrected chi connectivity index (χ1v) is 8.15. The number of amides is 1. The summed E-state index contributed by atoms with van der Waals surface area (Å²) in [4.78, 5) is 15.8. The number of sulfonamides is 1. The molecule has 0 saturated heterocycles. The first-order valence-electron chi connectivity index (χ1n) is 5.85. The molecule has 1 aromatic heterocycles. The van der Waals surface area contributed by atoms with Gasteiger partial charge in [-0.1, -0.05) is 0 Å². The van der Waals surface area contributed by atoms with Gasteiger partial charge in [0.2, 0.25) is 0 Å². The summed E-state index contributed by atoms with van der Waals surface area (Å²) in [6.07, 6.45) is 0. The molecule has 21 heavy (non-hydrogen) atoms. The zero-order valence-corrected chi connectivity index (χ0v) is 12.9. The summed E-state index contributed by atoms with van der Waals surface area (Å²) < 4.78 is 26.8. The standard InChI is InChI=1S/C12H13N3O4S2/c1-7-12(13-8(2)20-7)21(18,19)15-10-5-3-9(4-6-10)11(16)14-17/h3-6,15,17H,1-2H3,(H,14,16). The van der Waals surface area contributed by atoms with Crippen molar-refractivity contribution in [3.63, 3.8) is 0 Å². The zero-order valence-electron chi connectivity index (χ0n) is 11.2. The van der Waals surface area contributed by atoms with Gasteiger partial charge in [-0.3, -0.25) is 14.7 Å². The molecule has 0 saturated carbocycles. The van der Waals surface area contributed by atoms with Crippen LogP contribution in [0.5, 0.6) is 0 Å². The van der Waals surface area contributed by atoms with E-state index in [4.69, 9.17) is 5.21 Å². The molecule has 0 bridgehead atoms. The largest absolute Gasteiger partial charge is 0.288 e. The molecule has 0 spiro atoms. The normalized spacial score (nSPS) is 11.2. The van der Waals surface area contributed by atoms with Crippen molar-refractivity contribution in [2.75, 3.05) is 4.72 Å². The Kier molecular flexibility index (Phi) is 4.26. The summed E-state index contributed by atoms with van der Waals surface area (Å²) in [6, 6.07) is 5.64. The highest BCUT2D eigenvalue weighted by atomic mass is 32.2. The molecule has 0 unspecified atom stereocenters. The van der Waals surface area contributed by atoms with Crippen molar-refractivity contribution in [1.29, 1.82) is 0 Å². The molecule has 7 nitrogen and oxygen atoms in total. The quantitative estimate of drug-likeness (QED) is 0.585. The van der Waals surface area contributed by atoms with Crippen LogP contribution in [0.2, 0.25) is 0 Å². The van der Waals surface area contributed by atoms with Gasteiger partial charge in [0, 0.05) is 16.1 Å². The monoisotopic (exact) mass is 327 g/mol. The average Bonchev–Trinajstić information content (AvgIpc) is 2.78. The van der Waals surface area contributed by atoms with Gasteiger partial charge in [0.05, 0.1) is 5.01 Å². The van der Waals surface area contributed by atoms with Crippen LogP contribution >= 0.6 is 11.3 Å². The van der Waals surface area contributed by atoms with Crippen molar-refractivity contribution in [3.05, 3.63) is 39.7 Å². The van der Waals surface area contributed by atoms with E-state index >= 15 is 0 Å². The minimum absolute atomic E-state index is 0.00202. The van der Waals surface area contributed by atoms with Crippen LogP contribution in [-0.2, 0) is 10.0 Å². The van der Waals surface area contributed by atoms with E-state index in [2.05, 4.69) is 9.71 Å². The van der Waals surface area contributed by atoms with E-state index in [1.54, 1.807) is 13.8 Å². The number of benzene rings is 1. The maximum absolute atomic E-state index is 12.2. The SMILES string of the molecule is Cc1nc(S(=O)(=O)Nc2ccc(C(=O)NO)cc2)c(C)s1. The number of carbonyl (C=O) groups excluding carboxylic acids is 1. The lowest BCUT2D eigenvalue weighted by atomic mass is 10.2. The first kappa shape index (κ1) is 15.4.